The van der Waals surface area contributed by atoms with Gasteiger partial charge in [-0.2, -0.15) is 0 Å². The van der Waals surface area contributed by atoms with E-state index in [2.05, 4.69) is 10.3 Å². The molecule has 0 bridgehead atoms. The number of carbonyl (C=O) groups excluding carboxylic acids is 2. The summed E-state index contributed by atoms with van der Waals surface area (Å²) >= 11 is 0. The number of carbonyl (C=O) groups is 2. The molecule has 0 saturated carbocycles. The number of hydrogen-bond donors (Lipinski definition) is 1. The van der Waals surface area contributed by atoms with E-state index in [0.29, 0.717) is 5.56 Å². The van der Waals surface area contributed by atoms with E-state index in [-0.39, 0.29) is 24.8 Å². The number of halogens is 1. The van der Waals surface area contributed by atoms with E-state index in [1.165, 1.54) is 30.6 Å². The largest absolute Gasteiger partial charge is 0.479 e. The second-order valence-corrected chi connectivity index (χ2v) is 4.43. The van der Waals surface area contributed by atoms with Crippen molar-refractivity contribution >= 4 is 11.9 Å². The van der Waals surface area contributed by atoms with Gasteiger partial charge >= 0.3 is 5.97 Å². The van der Waals surface area contributed by atoms with Crippen molar-refractivity contribution < 1.29 is 23.5 Å². The van der Waals surface area contributed by atoms with Gasteiger partial charge in [-0.3, -0.25) is 9.78 Å². The molecule has 1 aromatic carbocycles. The molecular weight excluding hydrogens is 303 g/mol. The molecule has 23 heavy (non-hydrogen) atoms. The van der Waals surface area contributed by atoms with Gasteiger partial charge in [-0.05, 0) is 24.3 Å². The number of nitrogens with zero attached hydrogens (tertiary/aromatic N) is 1. The van der Waals surface area contributed by atoms with Gasteiger partial charge in [-0.1, -0.05) is 12.1 Å². The molecule has 0 radical (unpaired) electrons. The summed E-state index contributed by atoms with van der Waals surface area (Å²) in [6, 6.07) is 8.91. The second-order valence-electron chi connectivity index (χ2n) is 4.43. The van der Waals surface area contributed by atoms with Crippen molar-refractivity contribution in [2.75, 3.05) is 19.8 Å². The normalized spacial score (nSPS) is 9.96. The number of ether oxygens (including phenoxy) is 2. The Hall–Kier alpha value is -2.96. The van der Waals surface area contributed by atoms with Crippen LogP contribution in [0.5, 0.6) is 5.75 Å². The third-order valence-corrected chi connectivity index (χ3v) is 2.78. The fourth-order valence-electron chi connectivity index (χ4n) is 1.67. The quantitative estimate of drug-likeness (QED) is 0.619. The number of aromatic nitrogens is 1. The van der Waals surface area contributed by atoms with E-state index in [4.69, 9.17) is 9.47 Å². The number of nitrogens with one attached hydrogen (secondary N) is 1. The molecule has 0 spiro atoms. The predicted molar refractivity (Wildman–Crippen MR) is 79.4 cm³/mol. The van der Waals surface area contributed by atoms with Gasteiger partial charge < -0.3 is 14.8 Å². The number of para-hydroxylation sites is 1. The van der Waals surface area contributed by atoms with Crippen molar-refractivity contribution in [3.05, 3.63) is 60.2 Å². The van der Waals surface area contributed by atoms with Crippen molar-refractivity contribution in [2.45, 2.75) is 0 Å². The first kappa shape index (κ1) is 16.4. The minimum absolute atomic E-state index is 0.00368. The van der Waals surface area contributed by atoms with Crippen LogP contribution < -0.4 is 10.1 Å². The molecule has 0 saturated heterocycles. The van der Waals surface area contributed by atoms with E-state index in [9.17, 15) is 14.0 Å². The number of pyridine rings is 1. The fraction of sp³-hybridized carbons (Fsp3) is 0.188. The highest BCUT2D eigenvalue weighted by molar-refractivity contribution is 5.93. The monoisotopic (exact) mass is 318 g/mol. The van der Waals surface area contributed by atoms with Gasteiger partial charge in [0.25, 0.3) is 5.91 Å². The van der Waals surface area contributed by atoms with Gasteiger partial charge in [0.2, 0.25) is 0 Å². The molecule has 2 rings (SSSR count). The Balaban J connectivity index is 1.63. The molecule has 0 aliphatic heterocycles. The summed E-state index contributed by atoms with van der Waals surface area (Å²) in [6.07, 6.45) is 3.02. The number of amides is 1. The number of esters is 1. The van der Waals surface area contributed by atoms with Crippen molar-refractivity contribution in [1.82, 2.24) is 10.3 Å². The summed E-state index contributed by atoms with van der Waals surface area (Å²) in [6.45, 7) is -0.248. The van der Waals surface area contributed by atoms with Crippen LogP contribution in [0.1, 0.15) is 10.4 Å². The third kappa shape index (κ3) is 5.39. The lowest BCUT2D eigenvalue weighted by Gasteiger charge is -2.08. The minimum Gasteiger partial charge on any atom is -0.479 e. The van der Waals surface area contributed by atoms with Gasteiger partial charge in [-0.25, -0.2) is 9.18 Å². The average molecular weight is 318 g/mol. The number of hydrogen-bond acceptors (Lipinski definition) is 5. The van der Waals surface area contributed by atoms with E-state index in [0.717, 1.165) is 0 Å². The van der Waals surface area contributed by atoms with Crippen LogP contribution in [0, 0.1) is 5.82 Å². The summed E-state index contributed by atoms with van der Waals surface area (Å²) < 4.78 is 23.1. The maximum Gasteiger partial charge on any atom is 0.344 e. The van der Waals surface area contributed by atoms with Gasteiger partial charge in [0.1, 0.15) is 6.61 Å². The first-order valence-corrected chi connectivity index (χ1v) is 6.88. The summed E-state index contributed by atoms with van der Waals surface area (Å²) in [7, 11) is 0. The average Bonchev–Trinajstić information content (AvgIpc) is 2.58. The highest BCUT2D eigenvalue weighted by atomic mass is 19.1. The molecule has 1 aromatic heterocycles. The van der Waals surface area contributed by atoms with E-state index in [1.807, 2.05) is 0 Å². The van der Waals surface area contributed by atoms with Crippen LogP contribution in [0.2, 0.25) is 0 Å². The smallest absolute Gasteiger partial charge is 0.344 e. The first-order valence-electron chi connectivity index (χ1n) is 6.88. The van der Waals surface area contributed by atoms with Crippen molar-refractivity contribution in [3.8, 4) is 5.75 Å². The van der Waals surface area contributed by atoms with E-state index >= 15 is 0 Å². The second kappa shape index (κ2) is 8.47. The number of benzene rings is 1. The third-order valence-electron chi connectivity index (χ3n) is 2.78. The van der Waals surface area contributed by atoms with Crippen LogP contribution >= 0.6 is 0 Å². The molecule has 7 heteroatoms. The van der Waals surface area contributed by atoms with Crippen LogP contribution in [0.4, 0.5) is 4.39 Å². The highest BCUT2D eigenvalue weighted by Gasteiger charge is 2.08. The Kier molecular flexibility index (Phi) is 6.05. The molecule has 1 N–H and O–H groups in total. The zero-order valence-electron chi connectivity index (χ0n) is 12.2. The minimum atomic E-state index is -0.647. The molecule has 1 amide bonds. The maximum absolute atomic E-state index is 13.3. The molecule has 0 atom stereocenters. The summed E-state index contributed by atoms with van der Waals surface area (Å²) in [4.78, 5) is 27.0. The number of rotatable bonds is 7. The van der Waals surface area contributed by atoms with Crippen molar-refractivity contribution in [3.63, 3.8) is 0 Å². The summed E-state index contributed by atoms with van der Waals surface area (Å²) in [5.41, 5.74) is 0.467. The predicted octanol–water partition coefficient (Wildman–Crippen LogP) is 1.57. The van der Waals surface area contributed by atoms with E-state index in [1.54, 1.807) is 18.2 Å². The molecule has 0 unspecified atom stereocenters. The summed E-state index contributed by atoms with van der Waals surface area (Å²) in [5, 5.41) is 2.59. The molecule has 120 valence electrons. The Morgan fingerprint density at radius 1 is 1.13 bits per heavy atom. The highest BCUT2D eigenvalue weighted by Crippen LogP contribution is 2.14. The molecule has 0 aliphatic carbocycles. The van der Waals surface area contributed by atoms with Crippen molar-refractivity contribution in [1.29, 1.82) is 0 Å². The zero-order valence-corrected chi connectivity index (χ0v) is 12.2. The topological polar surface area (TPSA) is 77.5 Å². The van der Waals surface area contributed by atoms with Crippen molar-refractivity contribution in [2.24, 2.45) is 0 Å². The molecule has 2 aromatic rings. The van der Waals surface area contributed by atoms with E-state index < -0.39 is 18.4 Å². The molecule has 0 fully saturated rings. The standard InChI is InChI=1S/C16H15FN2O4/c17-13-3-1-2-4-14(13)23-11-15(20)22-10-9-19-16(21)12-5-7-18-8-6-12/h1-8H,9-11H2,(H,19,21). The van der Waals surface area contributed by atoms with Crippen LogP contribution in [-0.2, 0) is 9.53 Å². The fourth-order valence-corrected chi connectivity index (χ4v) is 1.67. The Labute approximate surface area is 132 Å². The lowest BCUT2D eigenvalue weighted by molar-refractivity contribution is -0.145. The van der Waals surface area contributed by atoms with Crippen LogP contribution in [0.25, 0.3) is 0 Å². The molecular formula is C16H15FN2O4. The van der Waals surface area contributed by atoms with Crippen LogP contribution in [-0.4, -0.2) is 36.6 Å². The SMILES string of the molecule is O=C(COc1ccccc1F)OCCNC(=O)c1ccncc1. The maximum atomic E-state index is 13.3. The van der Waals surface area contributed by atoms with Crippen LogP contribution in [0.3, 0.4) is 0 Å². The lowest BCUT2D eigenvalue weighted by Crippen LogP contribution is -2.28. The van der Waals surface area contributed by atoms with Gasteiger partial charge in [-0.15, -0.1) is 0 Å². The molecule has 0 aliphatic rings. The van der Waals surface area contributed by atoms with Gasteiger partial charge in [0, 0.05) is 18.0 Å². The summed E-state index contributed by atoms with van der Waals surface area (Å²) in [5.74, 6) is -1.50. The zero-order chi connectivity index (χ0) is 16.5. The van der Waals surface area contributed by atoms with Crippen LogP contribution in [0.15, 0.2) is 48.8 Å². The first-order chi connectivity index (χ1) is 11.2. The molecule has 1 heterocycles. The van der Waals surface area contributed by atoms with Gasteiger partial charge in [0.05, 0.1) is 6.54 Å². The molecule has 6 nitrogen and oxygen atoms in total. The van der Waals surface area contributed by atoms with Gasteiger partial charge in [0.15, 0.2) is 18.2 Å². The Morgan fingerprint density at radius 3 is 2.61 bits per heavy atom. The lowest BCUT2D eigenvalue weighted by atomic mass is 10.2. The Bertz CT molecular complexity index is 664. The Morgan fingerprint density at radius 2 is 1.87 bits per heavy atom.